The van der Waals surface area contributed by atoms with Crippen molar-refractivity contribution in [3.63, 3.8) is 0 Å². The van der Waals surface area contributed by atoms with Gasteiger partial charge in [0.05, 0.1) is 16.0 Å². The summed E-state index contributed by atoms with van der Waals surface area (Å²) in [5.74, 6) is -0.199. The number of sulfonamides is 1. The van der Waals surface area contributed by atoms with Crippen LogP contribution >= 0.6 is 11.8 Å². The maximum atomic E-state index is 12.9. The highest BCUT2D eigenvalue weighted by molar-refractivity contribution is 8.00. The summed E-state index contributed by atoms with van der Waals surface area (Å²) < 4.78 is 27.3. The summed E-state index contributed by atoms with van der Waals surface area (Å²) in [6.45, 7) is 7.90. The fourth-order valence-electron chi connectivity index (χ4n) is 3.98. The molecule has 0 bridgehead atoms. The number of carbonyl (C=O) groups is 2. The lowest BCUT2D eigenvalue weighted by Gasteiger charge is -2.19. The van der Waals surface area contributed by atoms with Crippen molar-refractivity contribution in [3.8, 4) is 0 Å². The molecule has 9 heteroatoms. The van der Waals surface area contributed by atoms with Crippen molar-refractivity contribution < 1.29 is 18.0 Å². The average Bonchev–Trinajstić information content (AvgIpc) is 2.90. The first kappa shape index (κ1) is 23.7. The molecule has 3 heterocycles. The molecular weight excluding hydrogens is 434 g/mol. The van der Waals surface area contributed by atoms with E-state index in [1.807, 2.05) is 0 Å². The van der Waals surface area contributed by atoms with Crippen molar-refractivity contribution in [1.82, 2.24) is 14.3 Å². The Morgan fingerprint density at radius 3 is 2.29 bits per heavy atom. The van der Waals surface area contributed by atoms with E-state index in [2.05, 4.69) is 9.97 Å². The molecule has 1 aliphatic rings. The lowest BCUT2D eigenvalue weighted by molar-refractivity contribution is 0.0988. The Balaban J connectivity index is 1.73. The number of Topliss-reactive ketones (excluding diaryl/α,β-unsaturated/α-hetero) is 2. The Morgan fingerprint density at radius 1 is 1.13 bits per heavy atom. The Bertz CT molecular complexity index is 1070. The Kier molecular flexibility index (Phi) is 7.39. The number of carbonyl (C=O) groups excluding carboxylic acids is 2. The molecule has 1 fully saturated rings. The number of pyridine rings is 1. The second kappa shape index (κ2) is 9.67. The summed E-state index contributed by atoms with van der Waals surface area (Å²) in [5.41, 5.74) is 2.34. The quantitative estimate of drug-likeness (QED) is 0.489. The highest BCUT2D eigenvalue weighted by atomic mass is 32.2. The number of thioether (sulfide) groups is 1. The molecule has 1 unspecified atom stereocenters. The monoisotopic (exact) mass is 463 g/mol. The van der Waals surface area contributed by atoms with Crippen LogP contribution in [0.25, 0.3) is 0 Å². The highest BCUT2D eigenvalue weighted by Gasteiger charge is 2.27. The van der Waals surface area contributed by atoms with Crippen LogP contribution in [0.2, 0.25) is 0 Å². The van der Waals surface area contributed by atoms with Crippen LogP contribution in [0.5, 0.6) is 0 Å². The smallest absolute Gasteiger partial charge is 0.244 e. The maximum Gasteiger partial charge on any atom is 0.244 e. The molecule has 0 aromatic carbocycles. The first-order valence-corrected chi connectivity index (χ1v) is 12.8. The van der Waals surface area contributed by atoms with Gasteiger partial charge in [-0.05, 0) is 58.2 Å². The van der Waals surface area contributed by atoms with Crippen LogP contribution in [0.1, 0.15) is 71.6 Å². The Labute approximate surface area is 188 Å². The molecule has 0 amide bonds. The van der Waals surface area contributed by atoms with Gasteiger partial charge in [0.2, 0.25) is 10.0 Å². The Morgan fingerprint density at radius 2 is 1.77 bits per heavy atom. The van der Waals surface area contributed by atoms with Crippen LogP contribution in [0.3, 0.4) is 0 Å². The number of ketones is 2. The van der Waals surface area contributed by atoms with Gasteiger partial charge >= 0.3 is 0 Å². The zero-order valence-electron chi connectivity index (χ0n) is 18.4. The number of rotatable bonds is 7. The molecule has 0 saturated carbocycles. The molecule has 1 saturated heterocycles. The fourth-order valence-corrected chi connectivity index (χ4v) is 6.29. The van der Waals surface area contributed by atoms with E-state index in [0.717, 1.165) is 25.7 Å². The minimum absolute atomic E-state index is 0.0755. The van der Waals surface area contributed by atoms with Crippen LogP contribution in [0.4, 0.5) is 0 Å². The minimum Gasteiger partial charge on any atom is -0.355 e. The molecule has 0 aliphatic carbocycles. The Hall–Kier alpha value is -1.97. The van der Waals surface area contributed by atoms with Gasteiger partial charge in [0, 0.05) is 30.5 Å². The lowest BCUT2D eigenvalue weighted by atomic mass is 10.0. The van der Waals surface area contributed by atoms with Gasteiger partial charge in [-0.3, -0.25) is 9.59 Å². The topological polar surface area (TPSA) is 100 Å². The molecule has 2 aromatic heterocycles. The lowest BCUT2D eigenvalue weighted by Crippen LogP contribution is -2.32. The third kappa shape index (κ3) is 5.10. The van der Waals surface area contributed by atoms with Crippen LogP contribution in [-0.4, -0.2) is 52.6 Å². The molecule has 1 N–H and O–H groups in total. The van der Waals surface area contributed by atoms with Crippen molar-refractivity contribution in [3.05, 3.63) is 40.8 Å². The maximum absolute atomic E-state index is 12.9. The molecule has 168 valence electrons. The van der Waals surface area contributed by atoms with Gasteiger partial charge in [0.15, 0.2) is 11.6 Å². The third-order valence-corrected chi connectivity index (χ3v) is 8.55. The molecule has 3 rings (SSSR count). The second-order valence-electron chi connectivity index (χ2n) is 7.96. The summed E-state index contributed by atoms with van der Waals surface area (Å²) in [4.78, 5) is 32.3. The van der Waals surface area contributed by atoms with Crippen molar-refractivity contribution in [2.24, 2.45) is 0 Å². The fraction of sp³-hybridized carbons (Fsp3) is 0.500. The van der Waals surface area contributed by atoms with E-state index in [9.17, 15) is 18.0 Å². The summed E-state index contributed by atoms with van der Waals surface area (Å²) in [6, 6.07) is 3.21. The van der Waals surface area contributed by atoms with E-state index < -0.39 is 15.3 Å². The number of nitrogens with one attached hydrogen (secondary N) is 1. The number of hydrogen-bond donors (Lipinski definition) is 1. The van der Waals surface area contributed by atoms with Crippen LogP contribution in [0.15, 0.2) is 28.3 Å². The van der Waals surface area contributed by atoms with E-state index in [0.29, 0.717) is 40.6 Å². The van der Waals surface area contributed by atoms with Gasteiger partial charge < -0.3 is 4.98 Å². The number of aryl methyl sites for hydroxylation is 1. The van der Waals surface area contributed by atoms with Gasteiger partial charge in [-0.1, -0.05) is 24.6 Å². The van der Waals surface area contributed by atoms with E-state index in [-0.39, 0.29) is 16.5 Å². The molecule has 0 spiro atoms. The van der Waals surface area contributed by atoms with E-state index in [1.54, 1.807) is 37.2 Å². The molecule has 31 heavy (non-hydrogen) atoms. The average molecular weight is 464 g/mol. The highest BCUT2D eigenvalue weighted by Crippen LogP contribution is 2.28. The normalized spacial score (nSPS) is 16.6. The second-order valence-corrected chi connectivity index (χ2v) is 11.3. The molecule has 1 aliphatic heterocycles. The largest absolute Gasteiger partial charge is 0.355 e. The van der Waals surface area contributed by atoms with Crippen molar-refractivity contribution >= 4 is 33.4 Å². The standard InChI is InChI=1S/C22H29N3O4S2/c1-14-20(16(3)26)15(2)24-21(14)22(27)17(4)30-19-10-9-18(13-23-19)31(28,29)25-11-7-5-6-8-12-25/h9-10,13,17,24H,5-8,11-12H2,1-4H3. The number of aromatic amines is 1. The van der Waals surface area contributed by atoms with Gasteiger partial charge in [-0.25, -0.2) is 13.4 Å². The van der Waals surface area contributed by atoms with Gasteiger partial charge in [0.25, 0.3) is 0 Å². The first-order valence-electron chi connectivity index (χ1n) is 10.5. The SMILES string of the molecule is CC(=O)c1c(C)[nH]c(C(=O)C(C)Sc2ccc(S(=O)(=O)N3CCCCCC3)cn2)c1C. The number of nitrogens with zero attached hydrogens (tertiary/aromatic N) is 2. The molecule has 7 nitrogen and oxygen atoms in total. The van der Waals surface area contributed by atoms with Crippen molar-refractivity contribution in [2.75, 3.05) is 13.1 Å². The van der Waals surface area contributed by atoms with Crippen LogP contribution in [-0.2, 0) is 10.0 Å². The van der Waals surface area contributed by atoms with Crippen LogP contribution < -0.4 is 0 Å². The molecular formula is C22H29N3O4S2. The van der Waals surface area contributed by atoms with Crippen LogP contribution in [0, 0.1) is 13.8 Å². The zero-order chi connectivity index (χ0) is 22.8. The summed E-state index contributed by atoms with van der Waals surface area (Å²) in [6.07, 6.45) is 5.24. The van der Waals surface area contributed by atoms with Gasteiger partial charge in [-0.15, -0.1) is 0 Å². The predicted octanol–water partition coefficient (Wildman–Crippen LogP) is 4.16. The predicted molar refractivity (Wildman–Crippen MR) is 121 cm³/mol. The number of H-pyrrole nitrogens is 1. The molecule has 0 radical (unpaired) electrons. The number of aromatic nitrogens is 2. The minimum atomic E-state index is -3.55. The molecule has 2 aromatic rings. The van der Waals surface area contributed by atoms with Gasteiger partial charge in [0.1, 0.15) is 4.90 Å². The zero-order valence-corrected chi connectivity index (χ0v) is 20.0. The van der Waals surface area contributed by atoms with E-state index in [1.165, 1.54) is 24.9 Å². The number of hydrogen-bond acceptors (Lipinski definition) is 6. The summed E-state index contributed by atoms with van der Waals surface area (Å²) in [7, 11) is -3.55. The van der Waals surface area contributed by atoms with E-state index in [4.69, 9.17) is 0 Å². The van der Waals surface area contributed by atoms with Gasteiger partial charge in [-0.2, -0.15) is 4.31 Å². The van der Waals surface area contributed by atoms with E-state index >= 15 is 0 Å². The first-order chi connectivity index (χ1) is 14.6. The van der Waals surface area contributed by atoms with Crippen molar-refractivity contribution in [2.45, 2.75) is 68.5 Å². The van der Waals surface area contributed by atoms with Crippen molar-refractivity contribution in [1.29, 1.82) is 0 Å². The summed E-state index contributed by atoms with van der Waals surface area (Å²) >= 11 is 1.26. The molecule has 1 atom stereocenters. The third-order valence-electron chi connectivity index (χ3n) is 5.61. The summed E-state index contributed by atoms with van der Waals surface area (Å²) in [5, 5.41) is 0.125.